The second-order valence-corrected chi connectivity index (χ2v) is 7.17. The Morgan fingerprint density at radius 1 is 1.06 bits per heavy atom. The van der Waals surface area contributed by atoms with Crippen LogP contribution in [0.2, 0.25) is 0 Å². The number of alkyl halides is 6. The normalized spacial score (nSPS) is 17.1. The summed E-state index contributed by atoms with van der Waals surface area (Å²) < 4.78 is 77.0. The van der Waals surface area contributed by atoms with Crippen molar-refractivity contribution in [2.75, 3.05) is 29.9 Å². The van der Waals surface area contributed by atoms with Crippen LogP contribution in [-0.2, 0) is 12.4 Å². The van der Waals surface area contributed by atoms with Crippen molar-refractivity contribution in [2.45, 2.75) is 25.3 Å². The molecule has 6 nitrogen and oxygen atoms in total. The van der Waals surface area contributed by atoms with Crippen LogP contribution >= 0.6 is 0 Å². The summed E-state index contributed by atoms with van der Waals surface area (Å²) in [5, 5.41) is 11.8. The van der Waals surface area contributed by atoms with Gasteiger partial charge in [0.2, 0.25) is 0 Å². The lowest BCUT2D eigenvalue weighted by Gasteiger charge is -2.40. The molecule has 2 amide bonds. The lowest BCUT2D eigenvalue weighted by atomic mass is 10.1. The Morgan fingerprint density at radius 3 is 2.25 bits per heavy atom. The van der Waals surface area contributed by atoms with Gasteiger partial charge in [-0.15, -0.1) is 0 Å². The molecule has 32 heavy (non-hydrogen) atoms. The Hall–Kier alpha value is -3.49. The van der Waals surface area contributed by atoms with Gasteiger partial charge in [0.1, 0.15) is 17.6 Å². The monoisotopic (exact) mass is 457 g/mol. The number of halogens is 6. The molecule has 1 N–H and O–H groups in total. The van der Waals surface area contributed by atoms with E-state index in [0.717, 1.165) is 36.4 Å². The van der Waals surface area contributed by atoms with Crippen molar-refractivity contribution in [1.29, 1.82) is 5.26 Å². The van der Waals surface area contributed by atoms with Crippen LogP contribution < -0.4 is 10.2 Å². The number of hydrogen-bond donors (Lipinski definition) is 1. The number of nitriles is 1. The predicted octanol–water partition coefficient (Wildman–Crippen LogP) is 4.73. The summed E-state index contributed by atoms with van der Waals surface area (Å²) in [6.07, 6.45) is -9.16. The first-order chi connectivity index (χ1) is 14.9. The fourth-order valence-corrected chi connectivity index (χ4v) is 3.32. The zero-order chi connectivity index (χ0) is 23.7. The van der Waals surface area contributed by atoms with Gasteiger partial charge in [-0.3, -0.25) is 0 Å². The van der Waals surface area contributed by atoms with E-state index in [-0.39, 0.29) is 36.7 Å². The molecule has 3 rings (SSSR count). The van der Waals surface area contributed by atoms with Crippen LogP contribution in [0.25, 0.3) is 0 Å². The van der Waals surface area contributed by atoms with Crippen LogP contribution in [0.3, 0.4) is 0 Å². The maximum atomic E-state index is 13.0. The molecule has 170 valence electrons. The third-order valence-corrected chi connectivity index (χ3v) is 4.94. The summed E-state index contributed by atoms with van der Waals surface area (Å²) >= 11 is 0. The first-order valence-electron chi connectivity index (χ1n) is 9.38. The number of urea groups is 1. The highest BCUT2D eigenvalue weighted by Crippen LogP contribution is 2.32. The highest BCUT2D eigenvalue weighted by Gasteiger charge is 2.35. The molecule has 2 heterocycles. The molecule has 2 aromatic rings. The third kappa shape index (κ3) is 5.04. The van der Waals surface area contributed by atoms with E-state index in [4.69, 9.17) is 0 Å². The van der Waals surface area contributed by atoms with Gasteiger partial charge in [-0.2, -0.15) is 31.6 Å². The molecule has 1 aliphatic rings. The molecule has 12 heteroatoms. The number of piperazine rings is 1. The molecule has 1 aromatic carbocycles. The SMILES string of the molecule is CC1CN(c2nc(C(F)(F)F)ccc2C#N)CCN1C(=O)Nc1ccc(C(F)(F)F)cc1. The topological polar surface area (TPSA) is 72.3 Å². The molecule has 0 radical (unpaired) electrons. The number of carbonyl (C=O) groups is 1. The standard InChI is InChI=1S/C20H17F6N5O/c1-12-11-30(17-13(10-27)2-7-16(29-17)20(24,25)26)8-9-31(12)18(32)28-15-5-3-14(4-6-15)19(21,22)23/h2-7,12H,8-9,11H2,1H3,(H,28,32). The lowest BCUT2D eigenvalue weighted by molar-refractivity contribution is -0.141. The zero-order valence-electron chi connectivity index (χ0n) is 16.6. The number of carbonyl (C=O) groups excluding carboxylic acids is 1. The number of nitrogens with one attached hydrogen (secondary N) is 1. The molecule has 1 saturated heterocycles. The van der Waals surface area contributed by atoms with Gasteiger partial charge in [0.05, 0.1) is 11.1 Å². The van der Waals surface area contributed by atoms with E-state index in [2.05, 4.69) is 10.3 Å². The van der Waals surface area contributed by atoms with Crippen LogP contribution in [0.15, 0.2) is 36.4 Å². The molecule has 1 unspecified atom stereocenters. The van der Waals surface area contributed by atoms with Gasteiger partial charge >= 0.3 is 18.4 Å². The smallest absolute Gasteiger partial charge is 0.352 e. The molecular formula is C20H17F6N5O. The van der Waals surface area contributed by atoms with Crippen molar-refractivity contribution in [3.63, 3.8) is 0 Å². The van der Waals surface area contributed by atoms with E-state index < -0.39 is 35.7 Å². The molecule has 1 atom stereocenters. The highest BCUT2D eigenvalue weighted by atomic mass is 19.4. The second kappa shape index (κ2) is 8.57. The van der Waals surface area contributed by atoms with Crippen LogP contribution in [0, 0.1) is 11.3 Å². The first-order valence-corrected chi connectivity index (χ1v) is 9.38. The van der Waals surface area contributed by atoms with E-state index in [9.17, 15) is 36.4 Å². The second-order valence-electron chi connectivity index (χ2n) is 7.17. The summed E-state index contributed by atoms with van der Waals surface area (Å²) in [6.45, 7) is 2.01. The summed E-state index contributed by atoms with van der Waals surface area (Å²) in [5.41, 5.74) is -1.82. The van der Waals surface area contributed by atoms with E-state index in [1.54, 1.807) is 6.92 Å². The average Bonchev–Trinajstić information content (AvgIpc) is 2.72. The Kier molecular flexibility index (Phi) is 6.20. The van der Waals surface area contributed by atoms with Gasteiger partial charge < -0.3 is 15.1 Å². The minimum absolute atomic E-state index is 0.0205. The van der Waals surface area contributed by atoms with E-state index in [1.807, 2.05) is 6.07 Å². The fraction of sp³-hybridized carbons (Fsp3) is 0.350. The number of pyridine rings is 1. The number of amides is 2. The third-order valence-electron chi connectivity index (χ3n) is 4.94. The van der Waals surface area contributed by atoms with Crippen molar-refractivity contribution >= 4 is 17.5 Å². The summed E-state index contributed by atoms with van der Waals surface area (Å²) in [6, 6.07) is 6.54. The zero-order valence-corrected chi connectivity index (χ0v) is 16.6. The Balaban J connectivity index is 1.70. The van der Waals surface area contributed by atoms with E-state index in [1.165, 1.54) is 9.80 Å². The molecule has 0 saturated carbocycles. The summed E-state index contributed by atoms with van der Waals surface area (Å²) in [7, 11) is 0. The summed E-state index contributed by atoms with van der Waals surface area (Å²) in [5.74, 6) is -0.114. The van der Waals surface area contributed by atoms with Crippen LogP contribution in [0.5, 0.6) is 0 Å². The Morgan fingerprint density at radius 2 is 1.72 bits per heavy atom. The first kappa shape index (κ1) is 23.2. The number of nitrogens with zero attached hydrogens (tertiary/aromatic N) is 4. The predicted molar refractivity (Wildman–Crippen MR) is 103 cm³/mol. The number of aromatic nitrogens is 1. The molecule has 1 aromatic heterocycles. The molecule has 0 bridgehead atoms. The van der Waals surface area contributed by atoms with Crippen LogP contribution in [0.4, 0.5) is 42.6 Å². The molecule has 0 aliphatic carbocycles. The number of hydrogen-bond acceptors (Lipinski definition) is 4. The van der Waals surface area contributed by atoms with Crippen LogP contribution in [0.1, 0.15) is 23.7 Å². The van der Waals surface area contributed by atoms with Crippen molar-refractivity contribution in [3.05, 3.63) is 53.2 Å². The molecular weight excluding hydrogens is 440 g/mol. The Labute approximate surface area is 179 Å². The minimum Gasteiger partial charge on any atom is -0.352 e. The van der Waals surface area contributed by atoms with Gasteiger partial charge in [0, 0.05) is 31.4 Å². The summed E-state index contributed by atoms with van der Waals surface area (Å²) in [4.78, 5) is 19.1. The largest absolute Gasteiger partial charge is 0.433 e. The molecule has 0 spiro atoms. The van der Waals surface area contributed by atoms with Crippen LogP contribution in [-0.4, -0.2) is 41.6 Å². The van der Waals surface area contributed by atoms with Gasteiger partial charge in [-0.25, -0.2) is 9.78 Å². The maximum Gasteiger partial charge on any atom is 0.433 e. The highest BCUT2D eigenvalue weighted by molar-refractivity contribution is 5.89. The van der Waals surface area contributed by atoms with Crippen molar-refractivity contribution < 1.29 is 31.1 Å². The van der Waals surface area contributed by atoms with Crippen molar-refractivity contribution in [2.24, 2.45) is 0 Å². The van der Waals surface area contributed by atoms with Gasteiger partial charge in [0.25, 0.3) is 0 Å². The van der Waals surface area contributed by atoms with Crippen molar-refractivity contribution in [1.82, 2.24) is 9.88 Å². The lowest BCUT2D eigenvalue weighted by Crippen LogP contribution is -2.55. The van der Waals surface area contributed by atoms with Gasteiger partial charge in [-0.05, 0) is 43.3 Å². The minimum atomic E-state index is -4.67. The number of anilines is 2. The quantitative estimate of drug-likeness (QED) is 0.662. The van der Waals surface area contributed by atoms with Gasteiger partial charge in [0.15, 0.2) is 0 Å². The van der Waals surface area contributed by atoms with Crippen molar-refractivity contribution in [3.8, 4) is 6.07 Å². The Bertz CT molecular complexity index is 1030. The van der Waals surface area contributed by atoms with Gasteiger partial charge in [-0.1, -0.05) is 0 Å². The average molecular weight is 457 g/mol. The molecule has 1 aliphatic heterocycles. The van der Waals surface area contributed by atoms with E-state index in [0.29, 0.717) is 0 Å². The maximum absolute atomic E-state index is 13.0. The fourth-order valence-electron chi connectivity index (χ4n) is 3.32. The number of benzene rings is 1. The number of rotatable bonds is 2. The van der Waals surface area contributed by atoms with E-state index >= 15 is 0 Å². The molecule has 1 fully saturated rings.